The van der Waals surface area contributed by atoms with Gasteiger partial charge in [-0.1, -0.05) is 0 Å². The maximum Gasteiger partial charge on any atom is 0.269 e. The van der Waals surface area contributed by atoms with Crippen LogP contribution in [0.1, 0.15) is 34.5 Å². The maximum atomic E-state index is 12.5. The summed E-state index contributed by atoms with van der Waals surface area (Å²) in [6.45, 7) is 3.26. The fourth-order valence-corrected chi connectivity index (χ4v) is 5.15. The minimum absolute atomic E-state index is 0.0666. The summed E-state index contributed by atoms with van der Waals surface area (Å²) >= 11 is 0. The Kier molecular flexibility index (Phi) is 4.79. The Balaban J connectivity index is 1.17. The van der Waals surface area contributed by atoms with Gasteiger partial charge in [-0.2, -0.15) is 0 Å². The number of nitrogens with zero attached hydrogens (tertiary/aromatic N) is 4. The van der Waals surface area contributed by atoms with E-state index in [0.29, 0.717) is 35.7 Å². The average Bonchev–Trinajstić information content (AvgIpc) is 3.65. The highest BCUT2D eigenvalue weighted by Gasteiger charge is 2.48. The molecule has 5 heterocycles. The molecule has 1 amide bonds. The number of pyridine rings is 3. The van der Waals surface area contributed by atoms with E-state index in [1.165, 1.54) is 0 Å². The summed E-state index contributed by atoms with van der Waals surface area (Å²) in [4.78, 5) is 41.1. The molecule has 33 heavy (non-hydrogen) atoms. The highest BCUT2D eigenvalue weighted by atomic mass is 16.5. The first-order chi connectivity index (χ1) is 16.1. The summed E-state index contributed by atoms with van der Waals surface area (Å²) in [5, 5.41) is 2.60. The predicted octanol–water partition coefficient (Wildman–Crippen LogP) is 1.47. The summed E-state index contributed by atoms with van der Waals surface area (Å²) in [6.07, 6.45) is 6.41. The Hall–Kier alpha value is -3.46. The second kappa shape index (κ2) is 7.84. The fourth-order valence-electron chi connectivity index (χ4n) is 5.15. The number of aromatic amines is 1. The topological polar surface area (TPSA) is 103 Å². The van der Waals surface area contributed by atoms with Crippen LogP contribution in [-0.2, 0) is 13.0 Å². The number of nitrogens with one attached hydrogen (secondary N) is 2. The molecule has 1 saturated carbocycles. The van der Waals surface area contributed by atoms with Crippen molar-refractivity contribution in [1.82, 2.24) is 25.2 Å². The fraction of sp³-hybridized carbons (Fsp3) is 0.417. The average molecular weight is 447 g/mol. The van der Waals surface area contributed by atoms with E-state index in [9.17, 15) is 9.59 Å². The molecule has 170 valence electrons. The van der Waals surface area contributed by atoms with Gasteiger partial charge in [0.2, 0.25) is 0 Å². The zero-order valence-electron chi connectivity index (χ0n) is 18.5. The van der Waals surface area contributed by atoms with E-state index >= 15 is 0 Å². The molecule has 3 aromatic rings. The molecule has 2 N–H and O–H groups in total. The third kappa shape index (κ3) is 3.52. The molecule has 0 aromatic carbocycles. The lowest BCUT2D eigenvalue weighted by Crippen LogP contribution is -2.46. The number of hydrogen-bond donors (Lipinski definition) is 2. The summed E-state index contributed by atoms with van der Waals surface area (Å²) < 4.78 is 5.79. The van der Waals surface area contributed by atoms with Gasteiger partial charge in [0.1, 0.15) is 11.2 Å². The van der Waals surface area contributed by atoms with E-state index in [0.717, 1.165) is 61.2 Å². The number of H-pyrrole nitrogens is 1. The number of aromatic nitrogens is 3. The number of hydrogen-bond acceptors (Lipinski definition) is 7. The molecular formula is C24H26N6O3. The molecular weight excluding hydrogens is 420 g/mol. The Bertz CT molecular complexity index is 1290. The molecule has 9 heteroatoms. The van der Waals surface area contributed by atoms with Crippen LogP contribution in [0, 0.1) is 0 Å². The SMILES string of the molecule is CNC(=O)c1ccc(N2CCN(Cc3cnc4c5c(c(=O)[nH]c4c3)CCCO5)[C@H]3C[C@H]32)cn1. The first-order valence-electron chi connectivity index (χ1n) is 11.5. The quantitative estimate of drug-likeness (QED) is 0.625. The molecule has 3 aromatic heterocycles. The van der Waals surface area contributed by atoms with E-state index in [1.807, 2.05) is 18.3 Å². The molecule has 0 bridgehead atoms. The molecule has 0 unspecified atom stereocenters. The third-order valence-electron chi connectivity index (χ3n) is 6.92. The molecule has 0 radical (unpaired) electrons. The van der Waals surface area contributed by atoms with Crippen LogP contribution < -0.4 is 20.5 Å². The van der Waals surface area contributed by atoms with Crippen LogP contribution in [0.15, 0.2) is 35.4 Å². The number of rotatable bonds is 4. The number of fused-ring (bicyclic) bond motifs is 4. The summed E-state index contributed by atoms with van der Waals surface area (Å²) in [6, 6.07) is 6.74. The van der Waals surface area contributed by atoms with Gasteiger partial charge in [0.25, 0.3) is 11.5 Å². The summed E-state index contributed by atoms with van der Waals surface area (Å²) in [5.41, 5.74) is 4.71. The number of amides is 1. The molecule has 3 aliphatic rings. The van der Waals surface area contributed by atoms with Gasteiger partial charge in [-0.3, -0.25) is 19.5 Å². The highest BCUT2D eigenvalue weighted by Crippen LogP contribution is 2.40. The van der Waals surface area contributed by atoms with Gasteiger partial charge < -0.3 is 19.9 Å². The van der Waals surface area contributed by atoms with Crippen LogP contribution in [0.4, 0.5) is 5.69 Å². The molecule has 1 saturated heterocycles. The normalized spacial score (nSPS) is 21.8. The molecule has 0 spiro atoms. The lowest BCUT2D eigenvalue weighted by atomic mass is 10.1. The summed E-state index contributed by atoms with van der Waals surface area (Å²) in [5.74, 6) is 0.478. The van der Waals surface area contributed by atoms with Crippen molar-refractivity contribution in [3.8, 4) is 5.75 Å². The Morgan fingerprint density at radius 2 is 2.15 bits per heavy atom. The molecule has 9 nitrogen and oxygen atoms in total. The third-order valence-corrected chi connectivity index (χ3v) is 6.92. The second-order valence-corrected chi connectivity index (χ2v) is 8.97. The van der Waals surface area contributed by atoms with E-state index < -0.39 is 0 Å². The standard InChI is InChI=1S/C24H26N6O3/c1-25-24(32)17-5-4-15(12-26-17)30-7-6-29(19-10-20(19)30)13-14-9-18-21(27-11-14)22-16(23(31)28-18)3-2-8-33-22/h4-5,9,11-12,19-20H,2-3,6-8,10,13H2,1H3,(H,25,32)(H,28,31)/t19-,20+/m0/s1. The highest BCUT2D eigenvalue weighted by molar-refractivity contribution is 5.92. The minimum Gasteiger partial charge on any atom is -0.491 e. The lowest BCUT2D eigenvalue weighted by Gasteiger charge is -2.35. The van der Waals surface area contributed by atoms with Crippen molar-refractivity contribution >= 4 is 22.6 Å². The first kappa shape index (κ1) is 20.2. The number of piperazine rings is 1. The first-order valence-corrected chi connectivity index (χ1v) is 11.5. The number of ether oxygens (including phenoxy) is 1. The van der Waals surface area contributed by atoms with E-state index in [-0.39, 0.29) is 11.5 Å². The van der Waals surface area contributed by atoms with Gasteiger partial charge in [0.05, 0.1) is 29.6 Å². The van der Waals surface area contributed by atoms with E-state index in [4.69, 9.17) is 4.74 Å². The van der Waals surface area contributed by atoms with Crippen molar-refractivity contribution < 1.29 is 9.53 Å². The molecule has 2 fully saturated rings. The lowest BCUT2D eigenvalue weighted by molar-refractivity contribution is 0.0958. The van der Waals surface area contributed by atoms with Crippen molar-refractivity contribution in [3.63, 3.8) is 0 Å². The van der Waals surface area contributed by atoms with Crippen molar-refractivity contribution in [3.05, 3.63) is 57.8 Å². The zero-order chi connectivity index (χ0) is 22.5. The Morgan fingerprint density at radius 3 is 2.97 bits per heavy atom. The zero-order valence-corrected chi connectivity index (χ0v) is 18.5. The Morgan fingerprint density at radius 1 is 1.24 bits per heavy atom. The van der Waals surface area contributed by atoms with E-state index in [2.05, 4.69) is 30.1 Å². The summed E-state index contributed by atoms with van der Waals surface area (Å²) in [7, 11) is 1.61. The van der Waals surface area contributed by atoms with E-state index in [1.54, 1.807) is 19.3 Å². The van der Waals surface area contributed by atoms with Crippen LogP contribution >= 0.6 is 0 Å². The smallest absolute Gasteiger partial charge is 0.269 e. The largest absolute Gasteiger partial charge is 0.491 e. The maximum absolute atomic E-state index is 12.5. The van der Waals surface area contributed by atoms with Gasteiger partial charge in [-0.15, -0.1) is 0 Å². The number of anilines is 1. The van der Waals surface area contributed by atoms with Gasteiger partial charge in [-0.25, -0.2) is 4.98 Å². The van der Waals surface area contributed by atoms with Gasteiger partial charge >= 0.3 is 0 Å². The van der Waals surface area contributed by atoms with Crippen LogP contribution in [0.3, 0.4) is 0 Å². The Labute approximate surface area is 190 Å². The predicted molar refractivity (Wildman–Crippen MR) is 124 cm³/mol. The van der Waals surface area contributed by atoms with Crippen molar-refractivity contribution in [2.24, 2.45) is 0 Å². The van der Waals surface area contributed by atoms with Crippen LogP contribution in [-0.4, -0.2) is 64.6 Å². The van der Waals surface area contributed by atoms with Gasteiger partial charge in [0, 0.05) is 45.0 Å². The van der Waals surface area contributed by atoms with Crippen LogP contribution in [0.2, 0.25) is 0 Å². The molecule has 1 aliphatic carbocycles. The van der Waals surface area contributed by atoms with Gasteiger partial charge in [-0.05, 0) is 43.0 Å². The van der Waals surface area contributed by atoms with Crippen molar-refractivity contribution in [2.45, 2.75) is 37.9 Å². The molecule has 2 atom stereocenters. The molecule has 2 aliphatic heterocycles. The van der Waals surface area contributed by atoms with Crippen LogP contribution in [0.25, 0.3) is 11.0 Å². The van der Waals surface area contributed by atoms with Crippen molar-refractivity contribution in [1.29, 1.82) is 0 Å². The molecule has 6 rings (SSSR count). The van der Waals surface area contributed by atoms with Gasteiger partial charge in [0.15, 0.2) is 5.75 Å². The number of carbonyl (C=O) groups is 1. The van der Waals surface area contributed by atoms with Crippen molar-refractivity contribution in [2.75, 3.05) is 31.6 Å². The monoisotopic (exact) mass is 446 g/mol. The minimum atomic E-state index is -0.173. The number of carbonyl (C=O) groups excluding carboxylic acids is 1. The second-order valence-electron chi connectivity index (χ2n) is 8.97. The van der Waals surface area contributed by atoms with Crippen LogP contribution in [0.5, 0.6) is 5.75 Å².